The first kappa shape index (κ1) is 20.0. The molecule has 8 nitrogen and oxygen atoms in total. The lowest BCUT2D eigenvalue weighted by atomic mass is 10.1. The van der Waals surface area contributed by atoms with E-state index in [1.165, 1.54) is 0 Å². The lowest BCUT2D eigenvalue weighted by Crippen LogP contribution is -2.40. The maximum absolute atomic E-state index is 12.8. The van der Waals surface area contributed by atoms with Crippen molar-refractivity contribution in [3.05, 3.63) is 41.7 Å². The fourth-order valence-electron chi connectivity index (χ4n) is 3.81. The van der Waals surface area contributed by atoms with Crippen LogP contribution in [0.5, 0.6) is 17.2 Å². The summed E-state index contributed by atoms with van der Waals surface area (Å²) >= 11 is 0. The summed E-state index contributed by atoms with van der Waals surface area (Å²) in [6.07, 6.45) is 0. The van der Waals surface area contributed by atoms with E-state index in [1.54, 1.807) is 21.3 Å². The molecule has 8 heteroatoms. The molecule has 0 saturated carbocycles. The van der Waals surface area contributed by atoms with Crippen LogP contribution in [0, 0.1) is 6.92 Å². The molecule has 3 aromatic rings. The van der Waals surface area contributed by atoms with Crippen molar-refractivity contribution in [2.75, 3.05) is 47.6 Å². The van der Waals surface area contributed by atoms with Crippen molar-refractivity contribution in [1.82, 2.24) is 14.5 Å². The van der Waals surface area contributed by atoms with Gasteiger partial charge in [-0.1, -0.05) is 0 Å². The molecule has 0 atom stereocenters. The van der Waals surface area contributed by atoms with Crippen molar-refractivity contribution < 1.29 is 23.7 Å². The van der Waals surface area contributed by atoms with Gasteiger partial charge in [-0.25, -0.2) is 4.98 Å². The number of morpholine rings is 1. The number of benzene rings is 2. The van der Waals surface area contributed by atoms with Crippen molar-refractivity contribution in [2.45, 2.75) is 6.92 Å². The second kappa shape index (κ2) is 8.23. The van der Waals surface area contributed by atoms with Crippen LogP contribution in [0.3, 0.4) is 0 Å². The molecule has 0 radical (unpaired) electrons. The first-order valence-electron chi connectivity index (χ1n) is 9.74. The molecule has 0 unspecified atom stereocenters. The molecule has 0 spiro atoms. The molecule has 1 aromatic heterocycles. The number of fused-ring (bicyclic) bond motifs is 1. The van der Waals surface area contributed by atoms with Crippen molar-refractivity contribution in [3.63, 3.8) is 0 Å². The van der Waals surface area contributed by atoms with Gasteiger partial charge in [0.2, 0.25) is 5.75 Å². The van der Waals surface area contributed by atoms with Crippen LogP contribution >= 0.6 is 0 Å². The van der Waals surface area contributed by atoms with Crippen molar-refractivity contribution in [2.24, 2.45) is 0 Å². The number of ether oxygens (including phenoxy) is 4. The zero-order chi connectivity index (χ0) is 21.3. The molecule has 158 valence electrons. The number of imidazole rings is 1. The molecule has 2 heterocycles. The smallest absolute Gasteiger partial charge is 0.254 e. The highest BCUT2D eigenvalue weighted by molar-refractivity contribution is 5.97. The Labute approximate surface area is 174 Å². The van der Waals surface area contributed by atoms with E-state index in [9.17, 15) is 4.79 Å². The molecule has 0 aliphatic carbocycles. The maximum atomic E-state index is 12.8. The van der Waals surface area contributed by atoms with Gasteiger partial charge in [-0.3, -0.25) is 9.36 Å². The Morgan fingerprint density at radius 2 is 1.67 bits per heavy atom. The summed E-state index contributed by atoms with van der Waals surface area (Å²) in [7, 11) is 4.75. The summed E-state index contributed by atoms with van der Waals surface area (Å²) in [5, 5.41) is 0. The molecule has 0 N–H and O–H groups in total. The van der Waals surface area contributed by atoms with Crippen LogP contribution in [0.4, 0.5) is 0 Å². The van der Waals surface area contributed by atoms with Gasteiger partial charge in [-0.15, -0.1) is 0 Å². The van der Waals surface area contributed by atoms with Gasteiger partial charge >= 0.3 is 0 Å². The molecule has 0 bridgehead atoms. The average Bonchev–Trinajstić information content (AvgIpc) is 3.12. The van der Waals surface area contributed by atoms with Gasteiger partial charge in [0.25, 0.3) is 5.91 Å². The Morgan fingerprint density at radius 3 is 2.27 bits per heavy atom. The molecule has 2 aromatic carbocycles. The Bertz CT molecular complexity index is 1060. The maximum Gasteiger partial charge on any atom is 0.254 e. The number of nitrogens with zero attached hydrogens (tertiary/aromatic N) is 3. The predicted molar refractivity (Wildman–Crippen MR) is 112 cm³/mol. The first-order chi connectivity index (χ1) is 14.6. The second-order valence-electron chi connectivity index (χ2n) is 6.99. The zero-order valence-corrected chi connectivity index (χ0v) is 17.6. The van der Waals surface area contributed by atoms with Crippen LogP contribution < -0.4 is 14.2 Å². The summed E-state index contributed by atoms with van der Waals surface area (Å²) in [5.41, 5.74) is 3.09. The number of carbonyl (C=O) groups is 1. The van der Waals surface area contributed by atoms with E-state index in [0.29, 0.717) is 49.1 Å². The van der Waals surface area contributed by atoms with E-state index in [0.717, 1.165) is 22.5 Å². The summed E-state index contributed by atoms with van der Waals surface area (Å²) in [6, 6.07) is 9.36. The van der Waals surface area contributed by atoms with Crippen LogP contribution in [0.1, 0.15) is 16.2 Å². The summed E-state index contributed by atoms with van der Waals surface area (Å²) < 4.78 is 23.7. The van der Waals surface area contributed by atoms with E-state index >= 15 is 0 Å². The number of carbonyl (C=O) groups excluding carboxylic acids is 1. The largest absolute Gasteiger partial charge is 0.493 e. The fraction of sp³-hybridized carbons (Fsp3) is 0.364. The zero-order valence-electron chi connectivity index (χ0n) is 17.6. The number of methoxy groups -OCH3 is 3. The lowest BCUT2D eigenvalue weighted by Gasteiger charge is -2.26. The highest BCUT2D eigenvalue weighted by Crippen LogP contribution is 2.40. The number of rotatable bonds is 5. The Kier molecular flexibility index (Phi) is 5.50. The molecular weight excluding hydrogens is 386 g/mol. The van der Waals surface area contributed by atoms with E-state index in [-0.39, 0.29) is 5.91 Å². The van der Waals surface area contributed by atoms with Gasteiger partial charge in [0, 0.05) is 30.8 Å². The number of hydrogen-bond donors (Lipinski definition) is 0. The van der Waals surface area contributed by atoms with Gasteiger partial charge in [0.15, 0.2) is 11.5 Å². The van der Waals surface area contributed by atoms with Gasteiger partial charge in [0.1, 0.15) is 5.82 Å². The van der Waals surface area contributed by atoms with E-state index in [4.69, 9.17) is 18.9 Å². The Hall–Kier alpha value is -3.26. The van der Waals surface area contributed by atoms with Gasteiger partial charge in [0.05, 0.1) is 51.3 Å². The SMILES string of the molecule is COc1cc(-n2c(C)nc3cc(C(=O)N4CCOCC4)ccc32)cc(OC)c1OC. The highest BCUT2D eigenvalue weighted by atomic mass is 16.5. The van der Waals surface area contributed by atoms with Crippen LogP contribution in [0.2, 0.25) is 0 Å². The summed E-state index contributed by atoms with van der Waals surface area (Å²) in [4.78, 5) is 19.3. The summed E-state index contributed by atoms with van der Waals surface area (Å²) in [5.74, 6) is 2.44. The topological polar surface area (TPSA) is 75.1 Å². The molecule has 1 fully saturated rings. The molecule has 1 amide bonds. The Morgan fingerprint density at radius 1 is 1.00 bits per heavy atom. The number of amides is 1. The molecule has 30 heavy (non-hydrogen) atoms. The monoisotopic (exact) mass is 411 g/mol. The van der Waals surface area contributed by atoms with E-state index in [2.05, 4.69) is 4.98 Å². The molecule has 4 rings (SSSR count). The third kappa shape index (κ3) is 3.43. The van der Waals surface area contributed by atoms with Gasteiger partial charge in [-0.05, 0) is 25.1 Å². The number of aromatic nitrogens is 2. The van der Waals surface area contributed by atoms with Crippen LogP contribution in [0.15, 0.2) is 30.3 Å². The number of aryl methyl sites for hydroxylation is 1. The van der Waals surface area contributed by atoms with Crippen molar-refractivity contribution >= 4 is 16.9 Å². The second-order valence-corrected chi connectivity index (χ2v) is 6.99. The van der Waals surface area contributed by atoms with E-state index < -0.39 is 0 Å². The normalized spacial score (nSPS) is 14.1. The minimum absolute atomic E-state index is 0.000175. The van der Waals surface area contributed by atoms with Crippen molar-refractivity contribution in [3.8, 4) is 22.9 Å². The quantitative estimate of drug-likeness (QED) is 0.643. The molecule has 1 aliphatic rings. The van der Waals surface area contributed by atoms with Crippen LogP contribution in [0.25, 0.3) is 16.7 Å². The van der Waals surface area contributed by atoms with Crippen molar-refractivity contribution in [1.29, 1.82) is 0 Å². The highest BCUT2D eigenvalue weighted by Gasteiger charge is 2.21. The fourth-order valence-corrected chi connectivity index (χ4v) is 3.81. The van der Waals surface area contributed by atoms with Gasteiger partial charge < -0.3 is 23.8 Å². The lowest BCUT2D eigenvalue weighted by molar-refractivity contribution is 0.0303. The van der Waals surface area contributed by atoms with Gasteiger partial charge in [-0.2, -0.15) is 0 Å². The molecule has 1 aliphatic heterocycles. The Balaban J connectivity index is 1.77. The predicted octanol–water partition coefficient (Wildman–Crippen LogP) is 2.83. The van der Waals surface area contributed by atoms with E-state index in [1.807, 2.05) is 46.7 Å². The first-order valence-corrected chi connectivity index (χ1v) is 9.74. The minimum Gasteiger partial charge on any atom is -0.493 e. The molecular formula is C22H25N3O5. The third-order valence-corrected chi connectivity index (χ3v) is 5.28. The number of hydrogen-bond acceptors (Lipinski definition) is 6. The minimum atomic E-state index is 0.000175. The summed E-state index contributed by atoms with van der Waals surface area (Å²) in [6.45, 7) is 4.28. The van der Waals surface area contributed by atoms with Crippen LogP contribution in [-0.2, 0) is 4.74 Å². The standard InChI is InChI=1S/C22H25N3O5/c1-14-23-17-11-15(22(26)24-7-9-30-10-8-24)5-6-18(17)25(14)16-12-19(27-2)21(29-4)20(13-16)28-3/h5-6,11-13H,7-10H2,1-4H3. The third-order valence-electron chi connectivity index (χ3n) is 5.28. The molecule has 1 saturated heterocycles. The average molecular weight is 411 g/mol. The van der Waals surface area contributed by atoms with Crippen LogP contribution in [-0.4, -0.2) is 68.0 Å².